The molecule has 0 aromatic heterocycles. The lowest BCUT2D eigenvalue weighted by atomic mass is 10.0. The number of rotatable bonds is 3. The Morgan fingerprint density at radius 2 is 1.76 bits per heavy atom. The molecule has 0 saturated carbocycles. The van der Waals surface area contributed by atoms with E-state index in [4.69, 9.17) is 4.74 Å². The molecule has 2 aromatic carbocycles. The zero-order valence-corrected chi connectivity index (χ0v) is 12.6. The van der Waals surface area contributed by atoms with Gasteiger partial charge in [-0.15, -0.1) is 0 Å². The molecule has 21 heavy (non-hydrogen) atoms. The van der Waals surface area contributed by atoms with E-state index in [1.165, 1.54) is 25.7 Å². The highest BCUT2D eigenvalue weighted by molar-refractivity contribution is 5.88. The van der Waals surface area contributed by atoms with Crippen molar-refractivity contribution < 1.29 is 9.84 Å². The van der Waals surface area contributed by atoms with Crippen molar-refractivity contribution in [1.29, 1.82) is 0 Å². The average molecular weight is 285 g/mol. The molecule has 112 valence electrons. The van der Waals surface area contributed by atoms with Gasteiger partial charge in [-0.05, 0) is 54.9 Å². The van der Waals surface area contributed by atoms with Gasteiger partial charge in [-0.1, -0.05) is 25.0 Å². The third kappa shape index (κ3) is 3.13. The number of phenolic OH excluding ortho intramolecular Hbond substituents is 1. The number of likely N-dealkylation sites (tertiary alicyclic amines) is 1. The molecule has 0 unspecified atom stereocenters. The first-order valence-corrected chi connectivity index (χ1v) is 7.79. The monoisotopic (exact) mass is 285 g/mol. The van der Waals surface area contributed by atoms with E-state index < -0.39 is 0 Å². The molecular weight excluding hydrogens is 262 g/mol. The van der Waals surface area contributed by atoms with Crippen LogP contribution in [-0.4, -0.2) is 30.2 Å². The number of fused-ring (bicyclic) bond motifs is 1. The largest absolute Gasteiger partial charge is 0.508 e. The summed E-state index contributed by atoms with van der Waals surface area (Å²) < 4.78 is 5.33. The van der Waals surface area contributed by atoms with Gasteiger partial charge in [-0.3, -0.25) is 4.90 Å². The molecule has 1 fully saturated rings. The topological polar surface area (TPSA) is 32.7 Å². The minimum absolute atomic E-state index is 0.389. The van der Waals surface area contributed by atoms with Gasteiger partial charge in [0.15, 0.2) is 0 Å². The van der Waals surface area contributed by atoms with Crippen LogP contribution in [0.2, 0.25) is 0 Å². The van der Waals surface area contributed by atoms with E-state index in [0.717, 1.165) is 41.7 Å². The molecule has 1 saturated heterocycles. The van der Waals surface area contributed by atoms with E-state index in [2.05, 4.69) is 11.0 Å². The van der Waals surface area contributed by atoms with Crippen LogP contribution in [0.4, 0.5) is 0 Å². The molecule has 2 aromatic rings. The Morgan fingerprint density at radius 3 is 2.48 bits per heavy atom. The second-order valence-corrected chi connectivity index (χ2v) is 5.84. The molecule has 1 N–H and O–H groups in total. The number of hydrogen-bond donors (Lipinski definition) is 1. The van der Waals surface area contributed by atoms with Crippen molar-refractivity contribution in [3.63, 3.8) is 0 Å². The van der Waals surface area contributed by atoms with E-state index in [-0.39, 0.29) is 0 Å². The van der Waals surface area contributed by atoms with Crippen molar-refractivity contribution in [2.45, 2.75) is 32.2 Å². The fourth-order valence-corrected chi connectivity index (χ4v) is 3.16. The van der Waals surface area contributed by atoms with E-state index in [0.29, 0.717) is 5.75 Å². The summed E-state index contributed by atoms with van der Waals surface area (Å²) in [7, 11) is 1.68. The van der Waals surface area contributed by atoms with Gasteiger partial charge < -0.3 is 9.84 Å². The van der Waals surface area contributed by atoms with E-state index in [1.807, 2.05) is 24.3 Å². The van der Waals surface area contributed by atoms with E-state index >= 15 is 0 Å². The summed E-state index contributed by atoms with van der Waals surface area (Å²) >= 11 is 0. The number of ether oxygens (including phenoxy) is 1. The van der Waals surface area contributed by atoms with Crippen LogP contribution in [0.25, 0.3) is 10.8 Å². The predicted molar refractivity (Wildman–Crippen MR) is 85.9 cm³/mol. The second-order valence-electron chi connectivity index (χ2n) is 5.84. The molecule has 0 atom stereocenters. The van der Waals surface area contributed by atoms with Gasteiger partial charge in [-0.25, -0.2) is 0 Å². The van der Waals surface area contributed by atoms with Crippen LogP contribution in [0, 0.1) is 0 Å². The lowest BCUT2D eigenvalue weighted by Crippen LogP contribution is -2.24. The molecule has 0 spiro atoms. The Labute approximate surface area is 126 Å². The molecule has 1 aliphatic heterocycles. The van der Waals surface area contributed by atoms with Crippen LogP contribution in [0.1, 0.15) is 31.2 Å². The molecule has 0 amide bonds. The number of phenols is 1. The summed E-state index contributed by atoms with van der Waals surface area (Å²) in [5, 5.41) is 12.6. The van der Waals surface area contributed by atoms with Crippen LogP contribution in [-0.2, 0) is 6.54 Å². The smallest absolute Gasteiger partial charge is 0.120 e. The molecule has 0 aliphatic carbocycles. The standard InChI is InChI=1S/C18H23NO2/c1-21-15-8-6-14-7-9-18(20)17(16(14)12-15)13-19-10-4-2-3-5-11-19/h6-9,12,20H,2-5,10-11,13H2,1H3. The summed E-state index contributed by atoms with van der Waals surface area (Å²) in [6.07, 6.45) is 5.17. The Kier molecular flexibility index (Phi) is 4.30. The van der Waals surface area contributed by atoms with E-state index in [1.54, 1.807) is 7.11 Å². The van der Waals surface area contributed by atoms with Crippen LogP contribution in [0.15, 0.2) is 30.3 Å². The lowest BCUT2D eigenvalue weighted by Gasteiger charge is -2.21. The molecule has 3 rings (SSSR count). The zero-order valence-electron chi connectivity index (χ0n) is 12.6. The average Bonchev–Trinajstić information content (AvgIpc) is 2.78. The number of aromatic hydroxyl groups is 1. The van der Waals surface area contributed by atoms with Crippen LogP contribution in [0.3, 0.4) is 0 Å². The SMILES string of the molecule is COc1ccc2ccc(O)c(CN3CCCCCC3)c2c1. The predicted octanol–water partition coefficient (Wildman–Crippen LogP) is 3.93. The van der Waals surface area contributed by atoms with Crippen molar-refractivity contribution in [1.82, 2.24) is 4.90 Å². The first-order chi connectivity index (χ1) is 10.3. The highest BCUT2D eigenvalue weighted by atomic mass is 16.5. The Morgan fingerprint density at radius 1 is 1.05 bits per heavy atom. The fourth-order valence-electron chi connectivity index (χ4n) is 3.16. The van der Waals surface area contributed by atoms with Gasteiger partial charge in [-0.2, -0.15) is 0 Å². The minimum Gasteiger partial charge on any atom is -0.508 e. The second kappa shape index (κ2) is 6.35. The molecule has 0 radical (unpaired) electrons. The maximum absolute atomic E-state index is 10.3. The van der Waals surface area contributed by atoms with Gasteiger partial charge in [0, 0.05) is 12.1 Å². The molecule has 3 nitrogen and oxygen atoms in total. The first-order valence-electron chi connectivity index (χ1n) is 7.79. The van der Waals surface area contributed by atoms with Crippen LogP contribution >= 0.6 is 0 Å². The quantitative estimate of drug-likeness (QED) is 0.927. The van der Waals surface area contributed by atoms with Crippen molar-refractivity contribution in [2.24, 2.45) is 0 Å². The summed E-state index contributed by atoms with van der Waals surface area (Å²) in [5.74, 6) is 1.23. The molecule has 1 heterocycles. The molecule has 3 heteroatoms. The van der Waals surface area contributed by atoms with Crippen LogP contribution < -0.4 is 4.74 Å². The highest BCUT2D eigenvalue weighted by Gasteiger charge is 2.14. The zero-order chi connectivity index (χ0) is 14.7. The normalized spacial score (nSPS) is 16.8. The van der Waals surface area contributed by atoms with Gasteiger partial charge >= 0.3 is 0 Å². The fraction of sp³-hybridized carbons (Fsp3) is 0.444. The highest BCUT2D eigenvalue weighted by Crippen LogP contribution is 2.31. The van der Waals surface area contributed by atoms with Gasteiger partial charge in [0.25, 0.3) is 0 Å². The van der Waals surface area contributed by atoms with E-state index in [9.17, 15) is 5.11 Å². The third-order valence-electron chi connectivity index (χ3n) is 4.40. The maximum atomic E-state index is 10.3. The molecule has 0 bridgehead atoms. The van der Waals surface area contributed by atoms with Crippen molar-refractivity contribution in [3.8, 4) is 11.5 Å². The lowest BCUT2D eigenvalue weighted by molar-refractivity contribution is 0.274. The Balaban J connectivity index is 1.96. The third-order valence-corrected chi connectivity index (χ3v) is 4.40. The maximum Gasteiger partial charge on any atom is 0.120 e. The summed E-state index contributed by atoms with van der Waals surface area (Å²) in [5.41, 5.74) is 1.02. The summed E-state index contributed by atoms with van der Waals surface area (Å²) in [6, 6.07) is 9.83. The van der Waals surface area contributed by atoms with Crippen molar-refractivity contribution >= 4 is 10.8 Å². The minimum atomic E-state index is 0.389. The number of hydrogen-bond acceptors (Lipinski definition) is 3. The molecular formula is C18H23NO2. The Bertz CT molecular complexity index is 616. The van der Waals surface area contributed by atoms with Gasteiger partial charge in [0.2, 0.25) is 0 Å². The summed E-state index contributed by atoms with van der Waals surface area (Å²) in [6.45, 7) is 3.07. The first kappa shape index (κ1) is 14.2. The number of methoxy groups -OCH3 is 1. The van der Waals surface area contributed by atoms with Crippen molar-refractivity contribution in [3.05, 3.63) is 35.9 Å². The van der Waals surface area contributed by atoms with Gasteiger partial charge in [0.1, 0.15) is 11.5 Å². The van der Waals surface area contributed by atoms with Crippen LogP contribution in [0.5, 0.6) is 11.5 Å². The van der Waals surface area contributed by atoms with Crippen molar-refractivity contribution in [2.75, 3.05) is 20.2 Å². The molecule has 1 aliphatic rings. The van der Waals surface area contributed by atoms with Gasteiger partial charge in [0.05, 0.1) is 7.11 Å². The number of nitrogens with zero attached hydrogens (tertiary/aromatic N) is 1. The number of benzene rings is 2. The Hall–Kier alpha value is -1.74. The summed E-state index contributed by atoms with van der Waals surface area (Å²) in [4.78, 5) is 2.46.